The van der Waals surface area contributed by atoms with Crippen LogP contribution in [0, 0.1) is 5.41 Å². The number of carbonyl (C=O) groups is 1. The monoisotopic (exact) mass is 709 g/mol. The smallest absolute Gasteiger partial charge is 0.387 e. The van der Waals surface area contributed by atoms with Gasteiger partial charge in [0.05, 0.1) is 50.6 Å². The molecule has 0 bridgehead atoms. The molecule has 0 aromatic heterocycles. The van der Waals surface area contributed by atoms with Crippen molar-refractivity contribution in [2.75, 3.05) is 47.3 Å². The SMILES string of the molecule is COS(=O)(=O)OCC1(C)OC(C)(COCC2(C)C(C)(O)COC(C)(COS(=O)(=O)OC)C2(C)O)C(C)(NC(C)=O)C(C)(O)C1(C)O. The quantitative estimate of drug-likeness (QED) is 0.155. The number of ether oxygens (including phenoxy) is 3. The van der Waals surface area contributed by atoms with Crippen LogP contribution in [0.1, 0.15) is 69.2 Å². The van der Waals surface area contributed by atoms with Crippen molar-refractivity contribution in [3.05, 3.63) is 0 Å². The molecule has 9 atom stereocenters. The van der Waals surface area contributed by atoms with Gasteiger partial charge in [-0.15, -0.1) is 0 Å². The Bertz CT molecular complexity index is 1370. The first-order valence-electron chi connectivity index (χ1n) is 14.3. The van der Waals surface area contributed by atoms with Gasteiger partial charge in [0.2, 0.25) is 5.91 Å². The van der Waals surface area contributed by atoms with E-state index in [1.54, 1.807) is 0 Å². The van der Waals surface area contributed by atoms with Crippen molar-refractivity contribution in [2.45, 2.75) is 114 Å². The highest BCUT2D eigenvalue weighted by Gasteiger charge is 2.75. The van der Waals surface area contributed by atoms with E-state index in [-0.39, 0.29) is 6.61 Å². The van der Waals surface area contributed by atoms with Crippen LogP contribution in [0.4, 0.5) is 0 Å². The fraction of sp³-hybridized carbons (Fsp3) is 0.963. The lowest BCUT2D eigenvalue weighted by atomic mass is 9.56. The van der Waals surface area contributed by atoms with E-state index in [1.807, 2.05) is 0 Å². The fourth-order valence-corrected chi connectivity index (χ4v) is 7.20. The third-order valence-corrected chi connectivity index (χ3v) is 12.6. The number of nitrogens with one attached hydrogen (secondary N) is 1. The second kappa shape index (κ2) is 12.4. The van der Waals surface area contributed by atoms with E-state index in [9.17, 15) is 42.1 Å². The van der Waals surface area contributed by atoms with Crippen LogP contribution in [0.2, 0.25) is 0 Å². The molecule has 2 heterocycles. The Hall–Kier alpha value is -1.07. The fourth-order valence-electron chi connectivity index (χ4n) is 6.27. The van der Waals surface area contributed by atoms with Gasteiger partial charge in [0.1, 0.15) is 46.8 Å². The molecular weight excluding hydrogens is 658 g/mol. The van der Waals surface area contributed by atoms with Gasteiger partial charge in [-0.25, -0.2) is 8.37 Å². The largest absolute Gasteiger partial charge is 0.399 e. The Morgan fingerprint density at radius 2 is 1.15 bits per heavy atom. The molecule has 0 radical (unpaired) electrons. The summed E-state index contributed by atoms with van der Waals surface area (Å²) >= 11 is 0. The van der Waals surface area contributed by atoms with Gasteiger partial charge < -0.3 is 40.0 Å². The lowest BCUT2D eigenvalue weighted by molar-refractivity contribution is -0.376. The summed E-state index contributed by atoms with van der Waals surface area (Å²) in [5.41, 5.74) is -17.3. The van der Waals surface area contributed by atoms with Gasteiger partial charge in [-0.3, -0.25) is 13.2 Å². The van der Waals surface area contributed by atoms with Crippen molar-refractivity contribution >= 4 is 26.7 Å². The Morgan fingerprint density at radius 3 is 1.59 bits per heavy atom. The van der Waals surface area contributed by atoms with E-state index in [0.29, 0.717) is 0 Å². The number of rotatable bonds is 13. The summed E-state index contributed by atoms with van der Waals surface area (Å²) in [7, 11) is -7.17. The van der Waals surface area contributed by atoms with E-state index >= 15 is 0 Å². The van der Waals surface area contributed by atoms with Gasteiger partial charge in [-0.05, 0) is 55.4 Å². The average molecular weight is 710 g/mol. The topological polar surface area (TPSA) is 243 Å². The lowest BCUT2D eigenvalue weighted by Crippen LogP contribution is -2.88. The zero-order valence-electron chi connectivity index (χ0n) is 28.5. The maximum atomic E-state index is 12.5. The van der Waals surface area contributed by atoms with Crippen molar-refractivity contribution < 1.29 is 73.0 Å². The molecule has 272 valence electrons. The van der Waals surface area contributed by atoms with Crippen LogP contribution in [0.5, 0.6) is 0 Å². The Labute approximate surface area is 271 Å². The van der Waals surface area contributed by atoms with Crippen molar-refractivity contribution in [3.63, 3.8) is 0 Å². The molecule has 46 heavy (non-hydrogen) atoms. The van der Waals surface area contributed by atoms with Crippen LogP contribution in [0.25, 0.3) is 0 Å². The molecule has 9 unspecified atom stereocenters. The number of aliphatic hydroxyl groups is 4. The minimum atomic E-state index is -4.52. The number of carbonyl (C=O) groups excluding carboxylic acids is 1. The highest BCUT2D eigenvalue weighted by molar-refractivity contribution is 7.82. The summed E-state index contributed by atoms with van der Waals surface area (Å²) in [5, 5.41) is 49.8. The normalized spacial score (nSPS) is 45.4. The van der Waals surface area contributed by atoms with Crippen LogP contribution in [-0.2, 0) is 56.5 Å². The molecule has 0 spiro atoms. The molecule has 19 heteroatoms. The van der Waals surface area contributed by atoms with E-state index in [1.165, 1.54) is 69.2 Å². The predicted molar refractivity (Wildman–Crippen MR) is 160 cm³/mol. The van der Waals surface area contributed by atoms with Crippen molar-refractivity contribution in [2.24, 2.45) is 5.41 Å². The molecule has 2 saturated heterocycles. The first-order valence-corrected chi connectivity index (χ1v) is 17.0. The summed E-state index contributed by atoms with van der Waals surface area (Å²) < 4.78 is 84.6. The van der Waals surface area contributed by atoms with Crippen LogP contribution in [0.3, 0.4) is 0 Å². The molecule has 2 aliphatic heterocycles. The summed E-state index contributed by atoms with van der Waals surface area (Å²) in [6, 6.07) is 0. The van der Waals surface area contributed by atoms with Crippen LogP contribution in [0.15, 0.2) is 0 Å². The second-order valence-corrected chi connectivity index (χ2v) is 16.7. The minimum Gasteiger partial charge on any atom is -0.387 e. The molecule has 5 N–H and O–H groups in total. The molecule has 0 saturated carbocycles. The molecular formula is C27H51NO16S2. The summed E-state index contributed by atoms with van der Waals surface area (Å²) in [4.78, 5) is 12.5. The number of hydrogen-bond acceptors (Lipinski definition) is 16. The second-order valence-electron chi connectivity index (χ2n) is 13.9. The average Bonchev–Trinajstić information content (AvgIpc) is 2.91. The van der Waals surface area contributed by atoms with Gasteiger partial charge in [-0.2, -0.15) is 16.8 Å². The molecule has 2 rings (SSSR count). The predicted octanol–water partition coefficient (Wildman–Crippen LogP) is -0.940. The summed E-state index contributed by atoms with van der Waals surface area (Å²) in [6.07, 6.45) is 0. The van der Waals surface area contributed by atoms with E-state index in [0.717, 1.165) is 14.2 Å². The number of amides is 1. The van der Waals surface area contributed by atoms with Gasteiger partial charge >= 0.3 is 20.8 Å². The minimum absolute atomic E-state index is 0.381. The molecule has 1 amide bonds. The van der Waals surface area contributed by atoms with Crippen molar-refractivity contribution in [3.8, 4) is 0 Å². The third kappa shape index (κ3) is 6.48. The van der Waals surface area contributed by atoms with Crippen LogP contribution < -0.4 is 5.32 Å². The van der Waals surface area contributed by atoms with E-state index < -0.39 is 103 Å². The molecule has 0 aromatic rings. The Balaban J connectivity index is 2.57. The van der Waals surface area contributed by atoms with Gasteiger partial charge in [0, 0.05) is 6.92 Å². The highest BCUT2D eigenvalue weighted by Crippen LogP contribution is 2.55. The molecule has 2 fully saturated rings. The summed E-state index contributed by atoms with van der Waals surface area (Å²) in [5.74, 6) is -0.612. The Morgan fingerprint density at radius 1 is 0.696 bits per heavy atom. The highest BCUT2D eigenvalue weighted by atomic mass is 32.3. The zero-order chi connectivity index (χ0) is 36.3. The standard InChI is InChI=1S/C27H51NO16S2/c1-18(29)28-24(7)21(4,44-23(6,17-43-46(36,37)39-12)26(9,32)27(24,10)33)15-40-13-19(2)20(3,30)14-41-22(5,25(19,8)31)16-42-45(34,35)38-11/h30-33H,13-17H2,1-12H3,(H,28,29). The maximum absolute atomic E-state index is 12.5. The van der Waals surface area contributed by atoms with Crippen molar-refractivity contribution in [1.29, 1.82) is 0 Å². The molecule has 0 aliphatic carbocycles. The maximum Gasteiger partial charge on any atom is 0.399 e. The van der Waals surface area contributed by atoms with Gasteiger partial charge in [-0.1, -0.05) is 6.92 Å². The lowest BCUT2D eigenvalue weighted by Gasteiger charge is -2.67. The van der Waals surface area contributed by atoms with Gasteiger partial charge in [0.15, 0.2) is 0 Å². The van der Waals surface area contributed by atoms with E-state index in [4.69, 9.17) is 22.6 Å². The van der Waals surface area contributed by atoms with Crippen molar-refractivity contribution in [1.82, 2.24) is 5.32 Å². The van der Waals surface area contributed by atoms with Crippen LogP contribution in [-0.4, -0.2) is 135 Å². The molecule has 17 nitrogen and oxygen atoms in total. The third-order valence-electron chi connectivity index (χ3n) is 11.0. The zero-order valence-corrected chi connectivity index (χ0v) is 30.2. The molecule has 2 aliphatic rings. The Kier molecular flexibility index (Phi) is 11.0. The van der Waals surface area contributed by atoms with Crippen LogP contribution >= 0.6 is 0 Å². The molecule has 0 aromatic carbocycles. The summed E-state index contributed by atoms with van der Waals surface area (Å²) in [6.45, 7) is 10.5. The van der Waals surface area contributed by atoms with Gasteiger partial charge in [0.25, 0.3) is 0 Å². The van der Waals surface area contributed by atoms with E-state index in [2.05, 4.69) is 13.7 Å². The number of hydrogen-bond donors (Lipinski definition) is 5. The first kappa shape index (κ1) is 41.1. The first-order chi connectivity index (χ1) is 20.3.